The summed E-state index contributed by atoms with van der Waals surface area (Å²) in [5.74, 6) is 0.880. The van der Waals surface area contributed by atoms with Gasteiger partial charge >= 0.3 is 6.03 Å². The zero-order valence-corrected chi connectivity index (χ0v) is 17.4. The number of nitrogens with zero attached hydrogens (tertiary/aromatic N) is 4. The minimum absolute atomic E-state index is 0.0465. The zero-order valence-electron chi connectivity index (χ0n) is 16.6. The summed E-state index contributed by atoms with van der Waals surface area (Å²) in [7, 11) is -3.32. The van der Waals surface area contributed by atoms with E-state index in [9.17, 15) is 13.2 Å². The van der Waals surface area contributed by atoms with Gasteiger partial charge in [-0.3, -0.25) is 0 Å². The fraction of sp³-hybridized carbons (Fsp3) is 0.833. The van der Waals surface area contributed by atoms with Crippen molar-refractivity contribution < 1.29 is 17.7 Å². The van der Waals surface area contributed by atoms with Gasteiger partial charge in [-0.25, -0.2) is 17.5 Å². The first-order valence-electron chi connectivity index (χ1n) is 10.2. The molecule has 0 radical (unpaired) electrons. The van der Waals surface area contributed by atoms with Crippen LogP contribution < -0.4 is 5.32 Å². The number of sulfonamides is 1. The molecule has 1 atom stereocenters. The molecule has 4 rings (SSSR count). The molecule has 3 aliphatic rings. The van der Waals surface area contributed by atoms with Gasteiger partial charge in [0.25, 0.3) is 0 Å². The molecule has 1 saturated carbocycles. The molecule has 9 nitrogen and oxygen atoms in total. The van der Waals surface area contributed by atoms with Crippen molar-refractivity contribution in [3.63, 3.8) is 0 Å². The van der Waals surface area contributed by atoms with Gasteiger partial charge in [-0.1, -0.05) is 24.4 Å². The van der Waals surface area contributed by atoms with Crippen LogP contribution in [0.5, 0.6) is 0 Å². The highest BCUT2D eigenvalue weighted by Crippen LogP contribution is 2.49. The molecule has 3 heterocycles. The number of aromatic nitrogens is 2. The van der Waals surface area contributed by atoms with E-state index in [2.05, 4.69) is 15.5 Å². The molecule has 1 aromatic heterocycles. The lowest BCUT2D eigenvalue weighted by molar-refractivity contribution is 0.0226. The standard InChI is InChI=1S/C18H29N5O4S/c1-3-28(25,26)23-9-15(16-19-13(2)21-27-16)18(12-23)10-22(11-18)17(24)20-14-7-5-4-6-8-14/h14-15H,3-12H2,1-2H3,(H,20,24). The van der Waals surface area contributed by atoms with Gasteiger partial charge in [0.1, 0.15) is 0 Å². The van der Waals surface area contributed by atoms with Crippen molar-refractivity contribution >= 4 is 16.1 Å². The number of urea groups is 1. The smallest absolute Gasteiger partial charge is 0.317 e. The van der Waals surface area contributed by atoms with Crippen LogP contribution >= 0.6 is 0 Å². The van der Waals surface area contributed by atoms with Gasteiger partial charge in [0.15, 0.2) is 5.82 Å². The number of likely N-dealkylation sites (tertiary alicyclic amines) is 1. The summed E-state index contributed by atoms with van der Waals surface area (Å²) in [6.07, 6.45) is 5.65. The van der Waals surface area contributed by atoms with Gasteiger partial charge in [-0.15, -0.1) is 0 Å². The van der Waals surface area contributed by atoms with Crippen LogP contribution in [-0.2, 0) is 10.0 Å². The van der Waals surface area contributed by atoms with E-state index in [0.717, 1.165) is 25.7 Å². The van der Waals surface area contributed by atoms with Gasteiger partial charge in [0.2, 0.25) is 15.9 Å². The lowest BCUT2D eigenvalue weighted by Crippen LogP contribution is -2.64. The Morgan fingerprint density at radius 1 is 1.25 bits per heavy atom. The van der Waals surface area contributed by atoms with Gasteiger partial charge in [-0.05, 0) is 26.7 Å². The van der Waals surface area contributed by atoms with Gasteiger partial charge in [0, 0.05) is 37.6 Å². The molecule has 1 N–H and O–H groups in total. The van der Waals surface area contributed by atoms with Crippen LogP contribution in [0.1, 0.15) is 56.7 Å². The predicted octanol–water partition coefficient (Wildman–Crippen LogP) is 1.47. The van der Waals surface area contributed by atoms with Crippen molar-refractivity contribution in [2.45, 2.75) is 57.9 Å². The lowest BCUT2D eigenvalue weighted by Gasteiger charge is -2.50. The van der Waals surface area contributed by atoms with Crippen LogP contribution in [0.15, 0.2) is 4.52 Å². The van der Waals surface area contributed by atoms with Crippen molar-refractivity contribution in [1.29, 1.82) is 0 Å². The third-order valence-electron chi connectivity index (χ3n) is 6.45. The fourth-order valence-corrected chi connectivity index (χ4v) is 6.00. The zero-order chi connectivity index (χ0) is 19.9. The van der Waals surface area contributed by atoms with E-state index in [-0.39, 0.29) is 29.2 Å². The first kappa shape index (κ1) is 19.6. The van der Waals surface area contributed by atoms with Crippen LogP contribution in [0, 0.1) is 12.3 Å². The molecule has 28 heavy (non-hydrogen) atoms. The van der Waals surface area contributed by atoms with E-state index in [1.165, 1.54) is 10.7 Å². The first-order valence-corrected chi connectivity index (χ1v) is 11.8. The molecule has 1 aliphatic carbocycles. The second-order valence-corrected chi connectivity index (χ2v) is 10.7. The highest BCUT2D eigenvalue weighted by molar-refractivity contribution is 7.89. The topological polar surface area (TPSA) is 109 Å². The molecular weight excluding hydrogens is 382 g/mol. The molecule has 3 fully saturated rings. The Labute approximate surface area is 165 Å². The third kappa shape index (κ3) is 3.52. The third-order valence-corrected chi connectivity index (χ3v) is 8.24. The van der Waals surface area contributed by atoms with Crippen LogP contribution in [0.2, 0.25) is 0 Å². The SMILES string of the molecule is CCS(=O)(=O)N1CC(c2nc(C)no2)C2(CN(C(=O)NC3CCCCC3)C2)C1. The normalized spacial score (nSPS) is 25.8. The largest absolute Gasteiger partial charge is 0.339 e. The van der Waals surface area contributed by atoms with E-state index in [1.54, 1.807) is 18.7 Å². The number of aryl methyl sites for hydroxylation is 1. The molecule has 1 aromatic rings. The Balaban J connectivity index is 1.47. The van der Waals surface area contributed by atoms with Crippen molar-refractivity contribution in [1.82, 2.24) is 24.7 Å². The van der Waals surface area contributed by atoms with E-state index < -0.39 is 10.0 Å². The maximum atomic E-state index is 12.6. The minimum Gasteiger partial charge on any atom is -0.339 e. The Morgan fingerprint density at radius 3 is 2.57 bits per heavy atom. The summed E-state index contributed by atoms with van der Waals surface area (Å²) < 4.78 is 31.8. The van der Waals surface area contributed by atoms with E-state index >= 15 is 0 Å². The second kappa shape index (κ2) is 7.29. The summed E-state index contributed by atoms with van der Waals surface area (Å²) in [5, 5.41) is 7.02. The summed E-state index contributed by atoms with van der Waals surface area (Å²) in [4.78, 5) is 18.8. The highest BCUT2D eigenvalue weighted by atomic mass is 32.2. The minimum atomic E-state index is -3.32. The van der Waals surface area contributed by atoms with Crippen LogP contribution in [0.25, 0.3) is 0 Å². The number of nitrogens with one attached hydrogen (secondary N) is 1. The molecule has 10 heteroatoms. The van der Waals surface area contributed by atoms with Crippen molar-refractivity contribution in [3.05, 3.63) is 11.7 Å². The van der Waals surface area contributed by atoms with Crippen LogP contribution in [-0.4, -0.2) is 71.8 Å². The molecule has 2 aliphatic heterocycles. The predicted molar refractivity (Wildman–Crippen MR) is 102 cm³/mol. The number of carbonyl (C=O) groups excluding carboxylic acids is 1. The summed E-state index contributed by atoms with van der Waals surface area (Å²) in [6, 6.07) is 0.211. The molecule has 156 valence electrons. The number of hydrogen-bond donors (Lipinski definition) is 1. The first-order chi connectivity index (χ1) is 13.3. The maximum Gasteiger partial charge on any atom is 0.317 e. The highest BCUT2D eigenvalue weighted by Gasteiger charge is 2.59. The van der Waals surface area contributed by atoms with Crippen molar-refractivity contribution in [2.75, 3.05) is 31.9 Å². The fourth-order valence-electron chi connectivity index (χ4n) is 4.80. The molecular formula is C18H29N5O4S. The van der Waals surface area contributed by atoms with Crippen LogP contribution in [0.4, 0.5) is 4.79 Å². The molecule has 0 bridgehead atoms. The van der Waals surface area contributed by atoms with Crippen LogP contribution in [0.3, 0.4) is 0 Å². The van der Waals surface area contributed by atoms with Gasteiger partial charge in [-0.2, -0.15) is 4.98 Å². The number of rotatable bonds is 4. The van der Waals surface area contributed by atoms with Gasteiger partial charge in [0.05, 0.1) is 11.7 Å². The summed E-state index contributed by atoms with van der Waals surface area (Å²) >= 11 is 0. The maximum absolute atomic E-state index is 12.6. The molecule has 2 saturated heterocycles. The molecule has 1 unspecified atom stereocenters. The Bertz CT molecular complexity index is 827. The Morgan fingerprint density at radius 2 is 1.96 bits per heavy atom. The number of hydrogen-bond acceptors (Lipinski definition) is 6. The number of carbonyl (C=O) groups is 1. The van der Waals surface area contributed by atoms with Gasteiger partial charge < -0.3 is 14.7 Å². The molecule has 1 spiro atoms. The molecule has 2 amide bonds. The monoisotopic (exact) mass is 411 g/mol. The van der Waals surface area contributed by atoms with E-state index in [0.29, 0.717) is 37.9 Å². The summed E-state index contributed by atoms with van der Waals surface area (Å²) in [5.41, 5.74) is -0.356. The molecule has 0 aromatic carbocycles. The van der Waals surface area contributed by atoms with Crippen molar-refractivity contribution in [3.8, 4) is 0 Å². The average molecular weight is 412 g/mol. The second-order valence-electron chi connectivity index (χ2n) is 8.43. The Hall–Kier alpha value is -1.68. The average Bonchev–Trinajstić information content (AvgIpc) is 3.25. The van der Waals surface area contributed by atoms with E-state index in [1.807, 2.05) is 0 Å². The van der Waals surface area contributed by atoms with Crippen molar-refractivity contribution in [2.24, 2.45) is 5.41 Å². The Kier molecular flexibility index (Phi) is 5.11. The quantitative estimate of drug-likeness (QED) is 0.804. The van der Waals surface area contributed by atoms with E-state index in [4.69, 9.17) is 4.52 Å². The number of amides is 2. The lowest BCUT2D eigenvalue weighted by atomic mass is 9.71. The summed E-state index contributed by atoms with van der Waals surface area (Å²) in [6.45, 7) is 5.13.